The van der Waals surface area contributed by atoms with E-state index < -0.39 is 17.7 Å². The maximum Gasteiger partial charge on any atom is 0.416 e. The van der Waals surface area contributed by atoms with Crippen molar-refractivity contribution in [3.63, 3.8) is 0 Å². The average molecular weight is 511 g/mol. The number of nitrogens with one attached hydrogen (secondary N) is 1. The van der Waals surface area contributed by atoms with Crippen LogP contribution in [0.15, 0.2) is 67.0 Å². The molecule has 1 unspecified atom stereocenters. The van der Waals surface area contributed by atoms with Crippen molar-refractivity contribution in [2.75, 3.05) is 6.54 Å². The first kappa shape index (κ1) is 25.9. The molecule has 4 rings (SSSR count). The minimum atomic E-state index is -4.39. The van der Waals surface area contributed by atoms with E-state index in [1.54, 1.807) is 36.7 Å². The van der Waals surface area contributed by atoms with Gasteiger partial charge in [-0.05, 0) is 48.4 Å². The summed E-state index contributed by atoms with van der Waals surface area (Å²) in [5.74, 6) is -1.34. The highest BCUT2D eigenvalue weighted by Gasteiger charge is 2.30. The lowest BCUT2D eigenvalue weighted by atomic mass is 10.0. The number of carbonyl (C=O) groups excluding carboxylic acids is 1. The van der Waals surface area contributed by atoms with Gasteiger partial charge in [0.2, 0.25) is 0 Å². The van der Waals surface area contributed by atoms with Crippen LogP contribution in [0.3, 0.4) is 0 Å². The molecule has 0 bridgehead atoms. The fraction of sp³-hybridized carbons (Fsp3) is 0.259. The van der Waals surface area contributed by atoms with Crippen molar-refractivity contribution in [1.29, 1.82) is 0 Å². The van der Waals surface area contributed by atoms with Crippen LogP contribution in [0.4, 0.5) is 13.2 Å². The Balaban J connectivity index is 1.56. The van der Waals surface area contributed by atoms with Crippen molar-refractivity contribution in [2.45, 2.75) is 38.4 Å². The zero-order valence-electron chi connectivity index (χ0n) is 20.0. The summed E-state index contributed by atoms with van der Waals surface area (Å²) in [6.45, 7) is 2.10. The summed E-state index contributed by atoms with van der Waals surface area (Å²) in [5.41, 5.74) is 2.58. The van der Waals surface area contributed by atoms with Crippen LogP contribution >= 0.6 is 0 Å². The van der Waals surface area contributed by atoms with Gasteiger partial charge in [-0.3, -0.25) is 19.3 Å². The van der Waals surface area contributed by atoms with E-state index in [-0.39, 0.29) is 24.9 Å². The van der Waals surface area contributed by atoms with Gasteiger partial charge in [-0.1, -0.05) is 31.5 Å². The number of aromatic nitrogens is 3. The van der Waals surface area contributed by atoms with Crippen LogP contribution in [0, 0.1) is 0 Å². The Kier molecular flexibility index (Phi) is 7.56. The lowest BCUT2D eigenvalue weighted by Crippen LogP contribution is -2.25. The summed E-state index contributed by atoms with van der Waals surface area (Å²) >= 11 is 0. The predicted molar refractivity (Wildman–Crippen MR) is 132 cm³/mol. The summed E-state index contributed by atoms with van der Waals surface area (Å²) in [5, 5.41) is 16.7. The second-order valence-corrected chi connectivity index (χ2v) is 8.62. The van der Waals surface area contributed by atoms with Crippen LogP contribution in [0.5, 0.6) is 0 Å². The molecule has 0 aliphatic rings. The minimum absolute atomic E-state index is 0.0412. The van der Waals surface area contributed by atoms with Crippen molar-refractivity contribution >= 4 is 22.8 Å². The van der Waals surface area contributed by atoms with Crippen molar-refractivity contribution in [3.8, 4) is 11.3 Å². The molecule has 1 atom stereocenters. The third kappa shape index (κ3) is 5.96. The summed E-state index contributed by atoms with van der Waals surface area (Å²) in [6, 6.07) is 13.6. The van der Waals surface area contributed by atoms with Crippen LogP contribution in [-0.2, 0) is 11.0 Å². The average Bonchev–Trinajstić information content (AvgIpc) is 3.30. The number of rotatable bonds is 9. The Morgan fingerprint density at radius 3 is 2.43 bits per heavy atom. The van der Waals surface area contributed by atoms with E-state index in [0.29, 0.717) is 16.8 Å². The first-order chi connectivity index (χ1) is 17.7. The van der Waals surface area contributed by atoms with E-state index in [4.69, 9.17) is 5.11 Å². The van der Waals surface area contributed by atoms with Gasteiger partial charge in [-0.2, -0.15) is 18.3 Å². The number of hydrogen-bond donors (Lipinski definition) is 2. The molecule has 2 heterocycles. The number of carboxylic acids is 1. The first-order valence-corrected chi connectivity index (χ1v) is 11.8. The number of pyridine rings is 1. The molecule has 0 aliphatic carbocycles. The molecule has 0 aliphatic heterocycles. The molecule has 192 valence electrons. The van der Waals surface area contributed by atoms with Crippen molar-refractivity contribution in [2.24, 2.45) is 0 Å². The number of benzene rings is 2. The number of carbonyl (C=O) groups is 2. The van der Waals surface area contributed by atoms with Gasteiger partial charge < -0.3 is 10.4 Å². The second-order valence-electron chi connectivity index (χ2n) is 8.62. The standard InChI is InChI=1S/C27H25F3N4O3/c1-2-3-23(19-6-10-22(32-15-19)17-4-8-21(9-5-17)27(28,29)30)34-24-11-7-18(14-20(24)16-33-34)26(37)31-13-12-25(35)36/h4-11,14-16,23H,2-3,12-13H2,1H3,(H,31,37)(H,35,36). The monoisotopic (exact) mass is 510 g/mol. The normalized spacial score (nSPS) is 12.4. The lowest BCUT2D eigenvalue weighted by Gasteiger charge is -2.19. The molecule has 2 N–H and O–H groups in total. The molecule has 37 heavy (non-hydrogen) atoms. The van der Waals surface area contributed by atoms with Crippen LogP contribution < -0.4 is 5.32 Å². The number of carboxylic acid groups (broad SMARTS) is 1. The summed E-state index contributed by atoms with van der Waals surface area (Å²) in [4.78, 5) is 27.5. The van der Waals surface area contributed by atoms with Crippen molar-refractivity contribution < 1.29 is 27.9 Å². The number of amides is 1. The Bertz CT molecular complexity index is 1400. The highest BCUT2D eigenvalue weighted by atomic mass is 19.4. The lowest BCUT2D eigenvalue weighted by molar-refractivity contribution is -0.138. The SMILES string of the molecule is CCCC(c1ccc(-c2ccc(C(F)(F)F)cc2)nc1)n1ncc2cc(C(=O)NCCC(=O)O)ccc21. The molecule has 0 saturated carbocycles. The molecule has 10 heteroatoms. The number of halogens is 3. The number of nitrogens with zero attached hydrogens (tertiary/aromatic N) is 3. The van der Waals surface area contributed by atoms with Crippen LogP contribution in [0.25, 0.3) is 22.2 Å². The summed E-state index contributed by atoms with van der Waals surface area (Å²) in [7, 11) is 0. The van der Waals surface area contributed by atoms with Gasteiger partial charge in [0, 0.05) is 29.3 Å². The number of alkyl halides is 3. The Labute approximate surface area is 211 Å². The maximum absolute atomic E-state index is 12.9. The molecular weight excluding hydrogens is 485 g/mol. The second kappa shape index (κ2) is 10.8. The van der Waals surface area contributed by atoms with E-state index in [0.717, 1.165) is 41.4 Å². The van der Waals surface area contributed by atoms with Gasteiger partial charge in [0.15, 0.2) is 0 Å². The molecule has 0 fully saturated rings. The zero-order valence-corrected chi connectivity index (χ0v) is 20.0. The summed E-state index contributed by atoms with van der Waals surface area (Å²) in [6.07, 6.45) is 0.490. The van der Waals surface area contributed by atoms with Crippen LogP contribution in [0.1, 0.15) is 53.7 Å². The van der Waals surface area contributed by atoms with E-state index in [2.05, 4.69) is 22.3 Å². The molecule has 4 aromatic rings. The first-order valence-electron chi connectivity index (χ1n) is 11.8. The van der Waals surface area contributed by atoms with Crippen molar-refractivity contribution in [1.82, 2.24) is 20.1 Å². The van der Waals surface area contributed by atoms with Gasteiger partial charge in [-0.25, -0.2) is 0 Å². The van der Waals surface area contributed by atoms with Gasteiger partial charge >= 0.3 is 12.1 Å². The predicted octanol–water partition coefficient (Wildman–Crippen LogP) is 5.71. The Morgan fingerprint density at radius 2 is 1.81 bits per heavy atom. The molecule has 2 aromatic carbocycles. The smallest absolute Gasteiger partial charge is 0.416 e. The van der Waals surface area contributed by atoms with Crippen LogP contribution in [0.2, 0.25) is 0 Å². The molecule has 0 radical (unpaired) electrons. The van der Waals surface area contributed by atoms with Gasteiger partial charge in [0.25, 0.3) is 5.91 Å². The van der Waals surface area contributed by atoms with E-state index in [1.807, 2.05) is 10.7 Å². The fourth-order valence-corrected chi connectivity index (χ4v) is 4.13. The Morgan fingerprint density at radius 1 is 1.05 bits per heavy atom. The number of aliphatic carboxylic acids is 1. The Hall–Kier alpha value is -4.21. The quantitative estimate of drug-likeness (QED) is 0.301. The highest BCUT2D eigenvalue weighted by Crippen LogP contribution is 2.32. The minimum Gasteiger partial charge on any atom is -0.481 e. The zero-order chi connectivity index (χ0) is 26.6. The molecule has 2 aromatic heterocycles. The summed E-state index contributed by atoms with van der Waals surface area (Å²) < 4.78 is 40.4. The number of hydrogen-bond acceptors (Lipinski definition) is 4. The highest BCUT2D eigenvalue weighted by molar-refractivity contribution is 5.98. The fourth-order valence-electron chi connectivity index (χ4n) is 4.13. The largest absolute Gasteiger partial charge is 0.481 e. The van der Waals surface area contributed by atoms with E-state index in [9.17, 15) is 22.8 Å². The molecule has 0 saturated heterocycles. The topological polar surface area (TPSA) is 97.1 Å². The van der Waals surface area contributed by atoms with Crippen molar-refractivity contribution in [3.05, 3.63) is 83.7 Å². The maximum atomic E-state index is 12.9. The molecule has 0 spiro atoms. The molecule has 1 amide bonds. The molecular formula is C27H25F3N4O3. The third-order valence-electron chi connectivity index (χ3n) is 6.02. The van der Waals surface area contributed by atoms with Crippen LogP contribution in [-0.4, -0.2) is 38.3 Å². The molecule has 7 nitrogen and oxygen atoms in total. The van der Waals surface area contributed by atoms with Gasteiger partial charge in [0.1, 0.15) is 0 Å². The van der Waals surface area contributed by atoms with Gasteiger partial charge in [0.05, 0.1) is 35.4 Å². The number of fused-ring (bicyclic) bond motifs is 1. The van der Waals surface area contributed by atoms with Gasteiger partial charge in [-0.15, -0.1) is 0 Å². The van der Waals surface area contributed by atoms with E-state index >= 15 is 0 Å². The van der Waals surface area contributed by atoms with E-state index in [1.165, 1.54) is 12.1 Å². The third-order valence-corrected chi connectivity index (χ3v) is 6.02.